The van der Waals surface area contributed by atoms with Crippen LogP contribution in [0.5, 0.6) is 11.5 Å². The molecule has 0 aliphatic carbocycles. The molecule has 0 fully saturated rings. The fraction of sp³-hybridized carbons (Fsp3) is 0.261. The molecule has 2 aromatic carbocycles. The van der Waals surface area contributed by atoms with Gasteiger partial charge in [0.15, 0.2) is 11.5 Å². The number of aromatic nitrogens is 2. The van der Waals surface area contributed by atoms with Crippen LogP contribution in [-0.4, -0.2) is 29.8 Å². The molecule has 7 heteroatoms. The third kappa shape index (κ3) is 5.47. The number of hydrogen-bond acceptors (Lipinski definition) is 6. The Hall–Kier alpha value is -3.61. The van der Waals surface area contributed by atoms with Gasteiger partial charge >= 0.3 is 0 Å². The molecule has 1 aromatic heterocycles. The second kappa shape index (κ2) is 9.73. The van der Waals surface area contributed by atoms with Gasteiger partial charge in [0, 0.05) is 17.3 Å². The monoisotopic (exact) mass is 407 g/mol. The first-order valence-corrected chi connectivity index (χ1v) is 9.63. The fourth-order valence-corrected chi connectivity index (χ4v) is 2.70. The Labute approximate surface area is 175 Å². The van der Waals surface area contributed by atoms with Gasteiger partial charge in [-0.1, -0.05) is 26.0 Å². The zero-order valence-corrected chi connectivity index (χ0v) is 17.5. The largest absolute Gasteiger partial charge is 0.493 e. The van der Waals surface area contributed by atoms with Crippen LogP contribution in [0.4, 0.5) is 5.69 Å². The lowest BCUT2D eigenvalue weighted by Gasteiger charge is -2.12. The molecule has 0 spiro atoms. The number of rotatable bonds is 8. The van der Waals surface area contributed by atoms with Gasteiger partial charge in [-0.3, -0.25) is 4.79 Å². The van der Waals surface area contributed by atoms with Crippen LogP contribution in [0, 0.1) is 12.8 Å². The SMILES string of the molecule is COc1cc(/C=C/C(=O)Nc2cc(-c3nnco3)ccc2C)ccc1OCC(C)C. The number of anilines is 1. The van der Waals surface area contributed by atoms with E-state index < -0.39 is 0 Å². The third-order valence-electron chi connectivity index (χ3n) is 4.29. The molecule has 7 nitrogen and oxygen atoms in total. The van der Waals surface area contributed by atoms with Crippen LogP contribution in [0.1, 0.15) is 25.0 Å². The summed E-state index contributed by atoms with van der Waals surface area (Å²) in [6.45, 7) is 6.69. The van der Waals surface area contributed by atoms with E-state index in [0.29, 0.717) is 35.6 Å². The van der Waals surface area contributed by atoms with Gasteiger partial charge in [0.1, 0.15) is 0 Å². The molecular formula is C23H25N3O4. The van der Waals surface area contributed by atoms with E-state index in [1.54, 1.807) is 19.3 Å². The molecular weight excluding hydrogens is 382 g/mol. The van der Waals surface area contributed by atoms with Crippen molar-refractivity contribution < 1.29 is 18.7 Å². The predicted octanol–water partition coefficient (Wildman–Crippen LogP) is 4.74. The molecule has 1 N–H and O–H groups in total. The number of nitrogens with zero attached hydrogens (tertiary/aromatic N) is 2. The number of amides is 1. The summed E-state index contributed by atoms with van der Waals surface area (Å²) >= 11 is 0. The molecule has 0 aliphatic heterocycles. The second-order valence-corrected chi connectivity index (χ2v) is 7.21. The van der Waals surface area contributed by atoms with E-state index in [2.05, 4.69) is 29.4 Å². The molecule has 0 bridgehead atoms. The normalized spacial score (nSPS) is 11.1. The van der Waals surface area contributed by atoms with Crippen LogP contribution in [0.25, 0.3) is 17.5 Å². The summed E-state index contributed by atoms with van der Waals surface area (Å²) in [5.41, 5.74) is 3.16. The topological polar surface area (TPSA) is 86.5 Å². The maximum absolute atomic E-state index is 12.4. The lowest BCUT2D eigenvalue weighted by molar-refractivity contribution is -0.111. The van der Waals surface area contributed by atoms with Crippen molar-refractivity contribution in [2.75, 3.05) is 19.0 Å². The van der Waals surface area contributed by atoms with E-state index >= 15 is 0 Å². The first kappa shape index (κ1) is 21.1. The molecule has 0 saturated heterocycles. The Morgan fingerprint density at radius 3 is 2.73 bits per heavy atom. The van der Waals surface area contributed by atoms with E-state index in [0.717, 1.165) is 16.7 Å². The fourth-order valence-electron chi connectivity index (χ4n) is 2.70. The van der Waals surface area contributed by atoms with Gasteiger partial charge in [-0.2, -0.15) is 0 Å². The van der Waals surface area contributed by atoms with Gasteiger partial charge in [0.2, 0.25) is 18.2 Å². The number of methoxy groups -OCH3 is 1. The van der Waals surface area contributed by atoms with Crippen LogP contribution in [-0.2, 0) is 4.79 Å². The van der Waals surface area contributed by atoms with E-state index in [9.17, 15) is 4.79 Å². The van der Waals surface area contributed by atoms with Crippen LogP contribution in [0.3, 0.4) is 0 Å². The van der Waals surface area contributed by atoms with Crippen molar-refractivity contribution in [3.63, 3.8) is 0 Å². The highest BCUT2D eigenvalue weighted by Crippen LogP contribution is 2.29. The summed E-state index contributed by atoms with van der Waals surface area (Å²) in [5, 5.41) is 10.5. The average Bonchev–Trinajstić information content (AvgIpc) is 3.27. The zero-order chi connectivity index (χ0) is 21.5. The number of carbonyl (C=O) groups is 1. The van der Waals surface area contributed by atoms with Gasteiger partial charge in [-0.15, -0.1) is 10.2 Å². The highest BCUT2D eigenvalue weighted by molar-refractivity contribution is 6.02. The van der Waals surface area contributed by atoms with Gasteiger partial charge < -0.3 is 19.2 Å². The van der Waals surface area contributed by atoms with Gasteiger partial charge in [0.25, 0.3) is 0 Å². The maximum Gasteiger partial charge on any atom is 0.248 e. The number of benzene rings is 2. The molecule has 3 aromatic rings. The first-order chi connectivity index (χ1) is 14.5. The summed E-state index contributed by atoms with van der Waals surface area (Å²) in [6, 6.07) is 11.1. The Bertz CT molecular complexity index is 1030. The summed E-state index contributed by atoms with van der Waals surface area (Å²) in [4.78, 5) is 12.4. The average molecular weight is 407 g/mol. The van der Waals surface area contributed by atoms with Crippen LogP contribution < -0.4 is 14.8 Å². The number of hydrogen-bond donors (Lipinski definition) is 1. The molecule has 0 radical (unpaired) electrons. The van der Waals surface area contributed by atoms with Gasteiger partial charge in [-0.25, -0.2) is 0 Å². The van der Waals surface area contributed by atoms with Crippen molar-refractivity contribution >= 4 is 17.7 Å². The smallest absolute Gasteiger partial charge is 0.248 e. The Balaban J connectivity index is 1.70. The molecule has 1 amide bonds. The lowest BCUT2D eigenvalue weighted by Crippen LogP contribution is -2.09. The molecule has 1 heterocycles. The Morgan fingerprint density at radius 1 is 1.20 bits per heavy atom. The van der Waals surface area contributed by atoms with Crippen LogP contribution in [0.15, 0.2) is 53.3 Å². The summed E-state index contributed by atoms with van der Waals surface area (Å²) < 4.78 is 16.4. The van der Waals surface area contributed by atoms with E-state index in [1.807, 2.05) is 37.3 Å². The Morgan fingerprint density at radius 2 is 2.03 bits per heavy atom. The van der Waals surface area contributed by atoms with Crippen molar-refractivity contribution in [1.82, 2.24) is 10.2 Å². The van der Waals surface area contributed by atoms with E-state index in [1.165, 1.54) is 12.5 Å². The van der Waals surface area contributed by atoms with Crippen molar-refractivity contribution in [2.45, 2.75) is 20.8 Å². The Kier molecular flexibility index (Phi) is 6.85. The van der Waals surface area contributed by atoms with E-state index in [-0.39, 0.29) is 5.91 Å². The molecule has 0 saturated carbocycles. The minimum absolute atomic E-state index is 0.250. The van der Waals surface area contributed by atoms with Crippen molar-refractivity contribution in [3.8, 4) is 23.0 Å². The second-order valence-electron chi connectivity index (χ2n) is 7.21. The number of nitrogens with one attached hydrogen (secondary N) is 1. The van der Waals surface area contributed by atoms with Gasteiger partial charge in [0.05, 0.1) is 13.7 Å². The molecule has 0 unspecified atom stereocenters. The molecule has 30 heavy (non-hydrogen) atoms. The van der Waals surface area contributed by atoms with Gasteiger partial charge in [-0.05, 0) is 54.3 Å². The minimum Gasteiger partial charge on any atom is -0.493 e. The molecule has 3 rings (SSSR count). The molecule has 0 aliphatic rings. The maximum atomic E-state index is 12.4. The molecule has 156 valence electrons. The van der Waals surface area contributed by atoms with Crippen molar-refractivity contribution in [1.29, 1.82) is 0 Å². The van der Waals surface area contributed by atoms with E-state index in [4.69, 9.17) is 13.9 Å². The third-order valence-corrected chi connectivity index (χ3v) is 4.29. The summed E-state index contributed by atoms with van der Waals surface area (Å²) in [7, 11) is 1.59. The zero-order valence-electron chi connectivity index (χ0n) is 17.5. The van der Waals surface area contributed by atoms with Crippen LogP contribution >= 0.6 is 0 Å². The lowest BCUT2D eigenvalue weighted by atomic mass is 10.1. The number of carbonyl (C=O) groups excluding carboxylic acids is 1. The highest BCUT2D eigenvalue weighted by atomic mass is 16.5. The number of ether oxygens (including phenoxy) is 2. The molecule has 0 atom stereocenters. The number of aryl methyl sites for hydroxylation is 1. The highest BCUT2D eigenvalue weighted by Gasteiger charge is 2.09. The summed E-state index contributed by atoms with van der Waals surface area (Å²) in [6.07, 6.45) is 4.47. The predicted molar refractivity (Wildman–Crippen MR) is 115 cm³/mol. The minimum atomic E-state index is -0.250. The van der Waals surface area contributed by atoms with Crippen molar-refractivity contribution in [2.24, 2.45) is 5.92 Å². The first-order valence-electron chi connectivity index (χ1n) is 9.63. The van der Waals surface area contributed by atoms with Crippen LogP contribution in [0.2, 0.25) is 0 Å². The van der Waals surface area contributed by atoms with Crippen molar-refractivity contribution in [3.05, 3.63) is 60.0 Å². The standard InChI is InChI=1S/C23H25N3O4/c1-15(2)13-29-20-9-6-17(11-21(20)28-4)7-10-22(27)25-19-12-18(8-5-16(19)3)23-26-24-14-30-23/h5-12,14-15H,13H2,1-4H3,(H,25,27)/b10-7+. The quantitative estimate of drug-likeness (QED) is 0.543. The summed E-state index contributed by atoms with van der Waals surface area (Å²) in [5.74, 6) is 1.87.